The van der Waals surface area contributed by atoms with E-state index >= 15 is 0 Å². The fourth-order valence-electron chi connectivity index (χ4n) is 3.88. The number of halogens is 2. The molecular weight excluding hydrogens is 243 g/mol. The molecule has 0 N–H and O–H groups in total. The Kier molecular flexibility index (Phi) is 3.08. The first kappa shape index (κ1) is 12.7. The lowest BCUT2D eigenvalue weighted by Crippen LogP contribution is -2.57. The van der Waals surface area contributed by atoms with Crippen molar-refractivity contribution >= 4 is 29.0 Å². The molecule has 4 atom stereocenters. The van der Waals surface area contributed by atoms with Crippen molar-refractivity contribution in [3.05, 3.63) is 0 Å². The lowest BCUT2D eigenvalue weighted by molar-refractivity contribution is -0.142. The van der Waals surface area contributed by atoms with E-state index in [2.05, 4.69) is 20.8 Å². The Morgan fingerprint density at radius 1 is 1.25 bits per heavy atom. The van der Waals surface area contributed by atoms with Crippen molar-refractivity contribution in [1.82, 2.24) is 0 Å². The monoisotopic (exact) mass is 262 g/mol. The molecule has 0 radical (unpaired) electrons. The molecule has 2 rings (SSSR count). The van der Waals surface area contributed by atoms with Crippen LogP contribution < -0.4 is 0 Å². The van der Waals surface area contributed by atoms with Crippen molar-refractivity contribution in [2.24, 2.45) is 16.7 Å². The Morgan fingerprint density at radius 3 is 2.50 bits per heavy atom. The van der Waals surface area contributed by atoms with Crippen molar-refractivity contribution in [1.29, 1.82) is 0 Å². The minimum Gasteiger partial charge on any atom is -0.299 e. The van der Waals surface area contributed by atoms with Crippen LogP contribution >= 0.6 is 23.2 Å². The number of hydrogen-bond acceptors (Lipinski definition) is 1. The summed E-state index contributed by atoms with van der Waals surface area (Å²) in [6.45, 7) is 6.43. The van der Waals surface area contributed by atoms with Crippen LogP contribution in [0.25, 0.3) is 0 Å². The molecule has 0 amide bonds. The van der Waals surface area contributed by atoms with Crippen LogP contribution in [0.3, 0.4) is 0 Å². The number of carbonyl (C=O) groups is 1. The summed E-state index contributed by atoms with van der Waals surface area (Å²) in [4.78, 5) is 12.2. The maximum absolute atomic E-state index is 12.2. The summed E-state index contributed by atoms with van der Waals surface area (Å²) >= 11 is 12.8. The minimum absolute atomic E-state index is 0.0295. The van der Waals surface area contributed by atoms with Crippen LogP contribution in [0.2, 0.25) is 0 Å². The summed E-state index contributed by atoms with van der Waals surface area (Å²) < 4.78 is 0. The lowest BCUT2D eigenvalue weighted by Gasteiger charge is -2.56. The summed E-state index contributed by atoms with van der Waals surface area (Å²) in [5, 5.41) is -0.113. The van der Waals surface area contributed by atoms with Gasteiger partial charge in [-0.2, -0.15) is 0 Å². The number of rotatable bonds is 0. The first-order valence-corrected chi connectivity index (χ1v) is 6.99. The zero-order chi connectivity index (χ0) is 12.1. The van der Waals surface area contributed by atoms with Gasteiger partial charge in [-0.05, 0) is 30.6 Å². The second kappa shape index (κ2) is 3.88. The van der Waals surface area contributed by atoms with Gasteiger partial charge in [-0.3, -0.25) is 4.79 Å². The van der Waals surface area contributed by atoms with E-state index in [0.29, 0.717) is 11.7 Å². The fourth-order valence-corrected chi connectivity index (χ4v) is 4.77. The van der Waals surface area contributed by atoms with Gasteiger partial charge in [0.2, 0.25) is 0 Å². The average Bonchev–Trinajstić information content (AvgIpc) is 2.19. The van der Waals surface area contributed by atoms with E-state index in [0.717, 1.165) is 25.7 Å². The first-order valence-electron chi connectivity index (χ1n) is 6.11. The molecule has 0 saturated heterocycles. The van der Waals surface area contributed by atoms with Crippen molar-refractivity contribution in [3.63, 3.8) is 0 Å². The zero-order valence-electron chi connectivity index (χ0n) is 10.2. The standard InChI is InChI=1S/C13H20Cl2O/c1-12(2)9-5-4-6-10(16)13(9,3)7-8(14)11(12)15/h8-9,11H,4-7H2,1-3H3/t8-,9-,11+,13-/m0/s1. The van der Waals surface area contributed by atoms with Gasteiger partial charge in [0.1, 0.15) is 5.78 Å². The van der Waals surface area contributed by atoms with Crippen molar-refractivity contribution in [2.75, 3.05) is 0 Å². The highest BCUT2D eigenvalue weighted by Gasteiger charge is 2.57. The van der Waals surface area contributed by atoms with Gasteiger partial charge in [-0.1, -0.05) is 20.8 Å². The number of hydrogen-bond donors (Lipinski definition) is 0. The van der Waals surface area contributed by atoms with E-state index in [-0.39, 0.29) is 21.6 Å². The molecule has 16 heavy (non-hydrogen) atoms. The van der Waals surface area contributed by atoms with Gasteiger partial charge in [-0.15, -0.1) is 23.2 Å². The maximum Gasteiger partial charge on any atom is 0.139 e. The van der Waals surface area contributed by atoms with Crippen LogP contribution in [0.15, 0.2) is 0 Å². The summed E-state index contributed by atoms with van der Waals surface area (Å²) in [5.74, 6) is 0.782. The largest absolute Gasteiger partial charge is 0.299 e. The average molecular weight is 263 g/mol. The van der Waals surface area contributed by atoms with Crippen molar-refractivity contribution in [2.45, 2.75) is 57.2 Å². The molecule has 0 aromatic heterocycles. The van der Waals surface area contributed by atoms with Crippen LogP contribution in [0.4, 0.5) is 0 Å². The molecule has 92 valence electrons. The normalized spacial score (nSPS) is 47.6. The van der Waals surface area contributed by atoms with Gasteiger partial charge >= 0.3 is 0 Å². The second-order valence-corrected chi connectivity index (χ2v) is 7.26. The molecule has 2 aliphatic carbocycles. The van der Waals surface area contributed by atoms with E-state index in [1.54, 1.807) is 0 Å². The Hall–Kier alpha value is 0.250. The molecule has 2 saturated carbocycles. The Labute approximate surface area is 108 Å². The molecule has 0 aromatic rings. The number of alkyl halides is 2. The third-order valence-electron chi connectivity index (χ3n) is 4.85. The summed E-state index contributed by atoms with van der Waals surface area (Å²) in [7, 11) is 0. The molecule has 1 nitrogen and oxygen atoms in total. The van der Waals surface area contributed by atoms with Gasteiger partial charge < -0.3 is 0 Å². The molecule has 0 unspecified atom stereocenters. The molecule has 0 heterocycles. The van der Waals surface area contributed by atoms with Crippen molar-refractivity contribution in [3.8, 4) is 0 Å². The Morgan fingerprint density at radius 2 is 1.88 bits per heavy atom. The quantitative estimate of drug-likeness (QED) is 0.603. The van der Waals surface area contributed by atoms with E-state index in [1.165, 1.54) is 0 Å². The highest BCUT2D eigenvalue weighted by molar-refractivity contribution is 6.30. The second-order valence-electron chi connectivity index (χ2n) is 6.23. The summed E-state index contributed by atoms with van der Waals surface area (Å²) in [5.41, 5.74) is -0.281. The molecule has 0 aliphatic heterocycles. The van der Waals surface area contributed by atoms with Crippen LogP contribution in [-0.4, -0.2) is 16.5 Å². The van der Waals surface area contributed by atoms with E-state index in [1.807, 2.05) is 0 Å². The van der Waals surface area contributed by atoms with Gasteiger partial charge in [0, 0.05) is 11.8 Å². The summed E-state index contributed by atoms with van der Waals surface area (Å²) in [6.07, 6.45) is 3.59. The minimum atomic E-state index is -0.237. The van der Waals surface area contributed by atoms with Gasteiger partial charge in [-0.25, -0.2) is 0 Å². The zero-order valence-corrected chi connectivity index (χ0v) is 11.7. The Balaban J connectivity index is 2.40. The molecule has 2 fully saturated rings. The molecule has 2 aliphatic rings. The van der Waals surface area contributed by atoms with Gasteiger partial charge in [0.25, 0.3) is 0 Å². The molecule has 3 heteroatoms. The Bertz CT molecular complexity index is 313. The van der Waals surface area contributed by atoms with Gasteiger partial charge in [0.05, 0.1) is 10.8 Å². The molecular formula is C13H20Cl2O. The van der Waals surface area contributed by atoms with Crippen molar-refractivity contribution < 1.29 is 4.79 Å². The van der Waals surface area contributed by atoms with E-state index < -0.39 is 0 Å². The SMILES string of the molecule is CC1(C)[C@H](Cl)[C@@H](Cl)C[C@]2(C)C(=O)CCC[C@@H]12. The topological polar surface area (TPSA) is 17.1 Å². The molecule has 0 bridgehead atoms. The highest BCUT2D eigenvalue weighted by Crippen LogP contribution is 2.58. The predicted octanol–water partition coefficient (Wildman–Crippen LogP) is 4.01. The maximum atomic E-state index is 12.2. The van der Waals surface area contributed by atoms with Crippen LogP contribution in [0.5, 0.6) is 0 Å². The number of Topliss-reactive ketones (excluding diaryl/α,β-unsaturated/α-hetero) is 1. The van der Waals surface area contributed by atoms with Crippen LogP contribution in [-0.2, 0) is 4.79 Å². The third kappa shape index (κ3) is 1.62. The lowest BCUT2D eigenvalue weighted by atomic mass is 9.51. The van der Waals surface area contributed by atoms with Crippen LogP contribution in [0, 0.1) is 16.7 Å². The number of fused-ring (bicyclic) bond motifs is 1. The van der Waals surface area contributed by atoms with E-state index in [9.17, 15) is 4.79 Å². The molecule has 0 aromatic carbocycles. The first-order chi connectivity index (χ1) is 7.30. The smallest absolute Gasteiger partial charge is 0.139 e. The predicted molar refractivity (Wildman–Crippen MR) is 68.1 cm³/mol. The number of carbonyl (C=O) groups excluding carboxylic acids is 1. The number of ketones is 1. The molecule has 0 spiro atoms. The van der Waals surface area contributed by atoms with Gasteiger partial charge in [0.15, 0.2) is 0 Å². The summed E-state index contributed by atoms with van der Waals surface area (Å²) in [6, 6.07) is 0. The fraction of sp³-hybridized carbons (Fsp3) is 0.923. The van der Waals surface area contributed by atoms with Crippen LogP contribution in [0.1, 0.15) is 46.5 Å². The highest BCUT2D eigenvalue weighted by atomic mass is 35.5. The van der Waals surface area contributed by atoms with E-state index in [4.69, 9.17) is 23.2 Å². The third-order valence-corrected chi connectivity index (χ3v) is 6.25.